The fourth-order valence-electron chi connectivity index (χ4n) is 2.88. The smallest absolute Gasteiger partial charge is 0.282 e. The molecule has 0 aliphatic carbocycles. The molecule has 146 valence electrons. The second-order valence-corrected chi connectivity index (χ2v) is 8.37. The summed E-state index contributed by atoms with van der Waals surface area (Å²) in [6.07, 6.45) is 3.08. The molecular weight excluding hydrogens is 450 g/mol. The minimum absolute atomic E-state index is 0.193. The predicted molar refractivity (Wildman–Crippen MR) is 120 cm³/mol. The maximum Gasteiger partial charge on any atom is 0.282 e. The van der Waals surface area contributed by atoms with E-state index in [-0.39, 0.29) is 5.56 Å². The first-order valence-corrected chi connectivity index (χ1v) is 10.8. The van der Waals surface area contributed by atoms with Crippen molar-refractivity contribution in [2.45, 2.75) is 29.8 Å². The van der Waals surface area contributed by atoms with E-state index in [4.69, 9.17) is 4.42 Å². The van der Waals surface area contributed by atoms with Crippen LogP contribution in [0.5, 0.6) is 0 Å². The Morgan fingerprint density at radius 3 is 2.79 bits per heavy atom. The van der Waals surface area contributed by atoms with E-state index in [1.54, 1.807) is 12.3 Å². The van der Waals surface area contributed by atoms with Crippen LogP contribution in [0, 0.1) is 0 Å². The summed E-state index contributed by atoms with van der Waals surface area (Å²) in [5.74, 6) is 1.21. The third kappa shape index (κ3) is 4.52. The van der Waals surface area contributed by atoms with E-state index in [2.05, 4.69) is 26.0 Å². The number of benzene rings is 2. The number of fused-ring (bicyclic) bond motifs is 1. The molecule has 0 aliphatic rings. The quantitative estimate of drug-likeness (QED) is 0.339. The van der Waals surface area contributed by atoms with Gasteiger partial charge in [-0.25, -0.2) is 4.98 Å². The molecule has 0 unspecified atom stereocenters. The molecule has 0 saturated carbocycles. The van der Waals surface area contributed by atoms with Gasteiger partial charge < -0.3 is 4.42 Å². The SMILES string of the molecule is CCCc1nc2ccc(Br)cc2c(=O)n1N=Cc1ccc(Sc2ccccc2)o1. The predicted octanol–water partition coefficient (Wildman–Crippen LogP) is 5.74. The molecule has 0 atom stereocenters. The highest BCUT2D eigenvalue weighted by atomic mass is 79.9. The van der Waals surface area contributed by atoms with Gasteiger partial charge in [0.05, 0.1) is 17.1 Å². The van der Waals surface area contributed by atoms with Gasteiger partial charge in [0.25, 0.3) is 5.56 Å². The number of furan rings is 1. The Balaban J connectivity index is 1.66. The summed E-state index contributed by atoms with van der Waals surface area (Å²) < 4.78 is 8.02. The highest BCUT2D eigenvalue weighted by Crippen LogP contribution is 2.28. The number of aryl methyl sites for hydroxylation is 1. The van der Waals surface area contributed by atoms with Crippen molar-refractivity contribution in [3.8, 4) is 0 Å². The van der Waals surface area contributed by atoms with Gasteiger partial charge in [0.15, 0.2) is 5.09 Å². The zero-order valence-electron chi connectivity index (χ0n) is 15.7. The molecule has 2 aromatic heterocycles. The molecule has 5 nitrogen and oxygen atoms in total. The molecule has 0 aliphatic heterocycles. The van der Waals surface area contributed by atoms with Crippen LogP contribution in [0.3, 0.4) is 0 Å². The molecule has 0 fully saturated rings. The number of hydrogen-bond acceptors (Lipinski definition) is 5. The van der Waals surface area contributed by atoms with Crippen LogP contribution < -0.4 is 5.56 Å². The third-order valence-corrected chi connectivity index (χ3v) is 5.63. The van der Waals surface area contributed by atoms with E-state index in [9.17, 15) is 4.79 Å². The maximum atomic E-state index is 13.0. The van der Waals surface area contributed by atoms with Crippen molar-refractivity contribution in [1.29, 1.82) is 0 Å². The van der Waals surface area contributed by atoms with Crippen molar-refractivity contribution in [2.75, 3.05) is 0 Å². The average Bonchev–Trinajstić information content (AvgIpc) is 3.16. The Labute approximate surface area is 180 Å². The van der Waals surface area contributed by atoms with E-state index >= 15 is 0 Å². The molecule has 4 aromatic rings. The molecule has 0 bridgehead atoms. The van der Waals surface area contributed by atoms with Gasteiger partial charge in [-0.2, -0.15) is 9.78 Å². The largest absolute Gasteiger partial charge is 0.448 e. The maximum absolute atomic E-state index is 13.0. The molecule has 0 amide bonds. The van der Waals surface area contributed by atoms with Crippen LogP contribution in [0.4, 0.5) is 0 Å². The number of rotatable bonds is 6. The number of hydrogen-bond donors (Lipinski definition) is 0. The van der Waals surface area contributed by atoms with Gasteiger partial charge >= 0.3 is 0 Å². The lowest BCUT2D eigenvalue weighted by Gasteiger charge is -2.08. The minimum Gasteiger partial charge on any atom is -0.448 e. The van der Waals surface area contributed by atoms with Crippen LogP contribution >= 0.6 is 27.7 Å². The first kappa shape index (κ1) is 19.7. The van der Waals surface area contributed by atoms with Crippen molar-refractivity contribution in [3.63, 3.8) is 0 Å². The van der Waals surface area contributed by atoms with Crippen molar-refractivity contribution >= 4 is 44.8 Å². The lowest BCUT2D eigenvalue weighted by atomic mass is 10.2. The monoisotopic (exact) mass is 467 g/mol. The van der Waals surface area contributed by atoms with Crippen molar-refractivity contribution < 1.29 is 4.42 Å². The number of nitrogens with zero attached hydrogens (tertiary/aromatic N) is 3. The Morgan fingerprint density at radius 1 is 1.17 bits per heavy atom. The second-order valence-electron chi connectivity index (χ2n) is 6.37. The van der Waals surface area contributed by atoms with Crippen LogP contribution in [0.1, 0.15) is 24.9 Å². The number of aromatic nitrogens is 2. The standard InChI is InChI=1S/C22H18BrN3O2S/c1-2-6-20-25-19-11-9-15(23)13-18(19)22(27)26(20)24-14-16-10-12-21(28-16)29-17-7-4-3-5-8-17/h3-5,7-14H,2,6H2,1H3. The first-order valence-electron chi connectivity index (χ1n) is 9.22. The van der Waals surface area contributed by atoms with Crippen molar-refractivity contribution in [3.05, 3.63) is 87.1 Å². The Hall–Kier alpha value is -2.64. The van der Waals surface area contributed by atoms with Gasteiger partial charge in [-0.1, -0.05) is 52.8 Å². The van der Waals surface area contributed by atoms with Crippen LogP contribution in [-0.2, 0) is 6.42 Å². The lowest BCUT2D eigenvalue weighted by Crippen LogP contribution is -2.22. The van der Waals surface area contributed by atoms with Crippen LogP contribution in [-0.4, -0.2) is 15.9 Å². The van der Waals surface area contributed by atoms with E-state index in [0.717, 1.165) is 20.9 Å². The molecule has 7 heteroatoms. The Bertz CT molecular complexity index is 1230. The van der Waals surface area contributed by atoms with Crippen LogP contribution in [0.2, 0.25) is 0 Å². The highest BCUT2D eigenvalue weighted by Gasteiger charge is 2.11. The molecule has 2 aromatic carbocycles. The molecule has 4 rings (SSSR count). The van der Waals surface area contributed by atoms with Gasteiger partial charge in [0.1, 0.15) is 11.6 Å². The summed E-state index contributed by atoms with van der Waals surface area (Å²) in [4.78, 5) is 18.7. The fourth-order valence-corrected chi connectivity index (χ4v) is 4.04. The molecule has 0 saturated heterocycles. The average molecular weight is 468 g/mol. The molecule has 0 radical (unpaired) electrons. The zero-order chi connectivity index (χ0) is 20.2. The second kappa shape index (κ2) is 8.80. The fraction of sp³-hybridized carbons (Fsp3) is 0.136. The van der Waals surface area contributed by atoms with E-state index < -0.39 is 0 Å². The summed E-state index contributed by atoms with van der Waals surface area (Å²) in [6.45, 7) is 2.05. The summed E-state index contributed by atoms with van der Waals surface area (Å²) >= 11 is 4.95. The van der Waals surface area contributed by atoms with Crippen molar-refractivity contribution in [2.24, 2.45) is 5.10 Å². The van der Waals surface area contributed by atoms with Crippen LogP contribution in [0.15, 0.2) is 89.4 Å². The summed E-state index contributed by atoms with van der Waals surface area (Å²) in [5, 5.41) is 5.68. The summed E-state index contributed by atoms with van der Waals surface area (Å²) in [7, 11) is 0. The van der Waals surface area contributed by atoms with Gasteiger partial charge in [-0.3, -0.25) is 4.79 Å². The molecular formula is C22H18BrN3O2S. The van der Waals surface area contributed by atoms with Crippen LogP contribution in [0.25, 0.3) is 10.9 Å². The van der Waals surface area contributed by atoms with Gasteiger partial charge in [-0.15, -0.1) is 0 Å². The van der Waals surface area contributed by atoms with Gasteiger partial charge in [0, 0.05) is 15.8 Å². The number of halogens is 1. The molecule has 0 N–H and O–H groups in total. The van der Waals surface area contributed by atoms with Crippen molar-refractivity contribution in [1.82, 2.24) is 9.66 Å². The first-order chi connectivity index (χ1) is 14.1. The zero-order valence-corrected chi connectivity index (χ0v) is 18.1. The van der Waals surface area contributed by atoms with Gasteiger partial charge in [0.2, 0.25) is 0 Å². The van der Waals surface area contributed by atoms with E-state index in [1.165, 1.54) is 16.4 Å². The highest BCUT2D eigenvalue weighted by molar-refractivity contribution is 9.10. The summed E-state index contributed by atoms with van der Waals surface area (Å²) in [5.41, 5.74) is 0.481. The minimum atomic E-state index is -0.193. The summed E-state index contributed by atoms with van der Waals surface area (Å²) in [6, 6.07) is 19.2. The van der Waals surface area contributed by atoms with E-state index in [0.29, 0.717) is 28.9 Å². The van der Waals surface area contributed by atoms with E-state index in [1.807, 2.05) is 61.5 Å². The molecule has 0 spiro atoms. The molecule has 29 heavy (non-hydrogen) atoms. The molecule has 2 heterocycles. The third-order valence-electron chi connectivity index (χ3n) is 4.21. The topological polar surface area (TPSA) is 60.4 Å². The Kier molecular flexibility index (Phi) is 5.97. The normalized spacial score (nSPS) is 11.5. The Morgan fingerprint density at radius 2 is 2.00 bits per heavy atom. The lowest BCUT2D eigenvalue weighted by molar-refractivity contribution is 0.468. The van der Waals surface area contributed by atoms with Gasteiger partial charge in [-0.05, 0) is 48.9 Å².